The monoisotopic (exact) mass is 348 g/mol. The molecule has 6 nitrogen and oxygen atoms in total. The van der Waals surface area contributed by atoms with Crippen LogP contribution in [-0.4, -0.2) is 50.4 Å². The molecule has 2 aromatic heterocycles. The van der Waals surface area contributed by atoms with E-state index in [1.807, 2.05) is 19.9 Å². The number of hydrogen-bond donors (Lipinski definition) is 1. The van der Waals surface area contributed by atoms with Gasteiger partial charge in [-0.1, -0.05) is 11.6 Å². The molecule has 128 valence electrons. The highest BCUT2D eigenvalue weighted by Gasteiger charge is 2.26. The molecule has 2 aromatic rings. The standard InChI is InChI=1S/C17H21ClN4O2/c1-11-9-12(2)22(20-11)15-4-3-14(18)16(19-15)17(24)21-7-5-13(10-23)6-8-21/h3-4,9,13,23H,5-8,10H2,1-2H3. The van der Waals surface area contributed by atoms with Gasteiger partial charge >= 0.3 is 0 Å². The second kappa shape index (κ2) is 6.91. The van der Waals surface area contributed by atoms with Crippen molar-refractivity contribution in [2.75, 3.05) is 19.7 Å². The van der Waals surface area contributed by atoms with Crippen molar-refractivity contribution < 1.29 is 9.90 Å². The van der Waals surface area contributed by atoms with E-state index in [-0.39, 0.29) is 24.1 Å². The van der Waals surface area contributed by atoms with E-state index < -0.39 is 0 Å². The van der Waals surface area contributed by atoms with E-state index in [0.717, 1.165) is 24.2 Å². The van der Waals surface area contributed by atoms with Gasteiger partial charge in [0.2, 0.25) is 0 Å². The molecule has 0 aliphatic carbocycles. The average Bonchev–Trinajstić information content (AvgIpc) is 2.93. The summed E-state index contributed by atoms with van der Waals surface area (Å²) in [4.78, 5) is 19.0. The number of amides is 1. The van der Waals surface area contributed by atoms with E-state index in [0.29, 0.717) is 23.9 Å². The number of halogens is 1. The van der Waals surface area contributed by atoms with Crippen LogP contribution >= 0.6 is 11.6 Å². The van der Waals surface area contributed by atoms with Crippen LogP contribution in [0, 0.1) is 19.8 Å². The normalized spacial score (nSPS) is 15.8. The maximum absolute atomic E-state index is 12.8. The molecule has 0 bridgehead atoms. The van der Waals surface area contributed by atoms with Gasteiger partial charge in [-0.25, -0.2) is 9.67 Å². The van der Waals surface area contributed by atoms with Crippen molar-refractivity contribution in [2.45, 2.75) is 26.7 Å². The lowest BCUT2D eigenvalue weighted by Crippen LogP contribution is -2.39. The van der Waals surface area contributed by atoms with Crippen LogP contribution in [0.1, 0.15) is 34.7 Å². The second-order valence-electron chi connectivity index (χ2n) is 6.26. The first-order chi connectivity index (χ1) is 11.5. The summed E-state index contributed by atoms with van der Waals surface area (Å²) in [5.41, 5.74) is 2.09. The molecule has 3 heterocycles. The van der Waals surface area contributed by atoms with E-state index in [9.17, 15) is 9.90 Å². The first kappa shape index (κ1) is 16.9. The molecule has 0 saturated carbocycles. The zero-order chi connectivity index (χ0) is 17.3. The highest BCUT2D eigenvalue weighted by molar-refractivity contribution is 6.33. The van der Waals surface area contributed by atoms with Gasteiger partial charge < -0.3 is 10.0 Å². The second-order valence-corrected chi connectivity index (χ2v) is 6.66. The molecule has 0 unspecified atom stereocenters. The predicted molar refractivity (Wildman–Crippen MR) is 91.6 cm³/mol. The number of aliphatic hydroxyl groups is 1. The van der Waals surface area contributed by atoms with Gasteiger partial charge in [-0.15, -0.1) is 0 Å². The number of likely N-dealkylation sites (tertiary alicyclic amines) is 1. The molecule has 0 spiro atoms. The summed E-state index contributed by atoms with van der Waals surface area (Å²) in [5, 5.41) is 14.0. The number of hydrogen-bond acceptors (Lipinski definition) is 4. The van der Waals surface area contributed by atoms with Crippen LogP contribution in [0.25, 0.3) is 5.82 Å². The van der Waals surface area contributed by atoms with E-state index >= 15 is 0 Å². The Bertz CT molecular complexity index is 751. The fourth-order valence-corrected chi connectivity index (χ4v) is 3.22. The number of carbonyl (C=O) groups excluding carboxylic acids is 1. The van der Waals surface area contributed by atoms with Crippen molar-refractivity contribution in [1.82, 2.24) is 19.7 Å². The number of pyridine rings is 1. The minimum atomic E-state index is -0.167. The van der Waals surface area contributed by atoms with Gasteiger partial charge in [0.05, 0.1) is 10.7 Å². The fraction of sp³-hybridized carbons (Fsp3) is 0.471. The number of rotatable bonds is 3. The number of aryl methyl sites for hydroxylation is 2. The molecule has 1 saturated heterocycles. The number of aliphatic hydroxyl groups excluding tert-OH is 1. The third-order valence-electron chi connectivity index (χ3n) is 4.42. The molecule has 1 N–H and O–H groups in total. The molecule has 1 amide bonds. The molecule has 1 aliphatic heterocycles. The van der Waals surface area contributed by atoms with Crippen LogP contribution in [0.5, 0.6) is 0 Å². The third-order valence-corrected chi connectivity index (χ3v) is 4.73. The minimum Gasteiger partial charge on any atom is -0.396 e. The van der Waals surface area contributed by atoms with Gasteiger partial charge in [-0.3, -0.25) is 4.79 Å². The molecule has 3 rings (SSSR count). The number of nitrogens with zero attached hydrogens (tertiary/aromatic N) is 4. The van der Waals surface area contributed by atoms with E-state index in [2.05, 4.69) is 10.1 Å². The highest BCUT2D eigenvalue weighted by Crippen LogP contribution is 2.22. The van der Waals surface area contributed by atoms with Crippen LogP contribution in [-0.2, 0) is 0 Å². The quantitative estimate of drug-likeness (QED) is 0.924. The Hall–Kier alpha value is -1.92. The molecule has 1 aliphatic rings. The lowest BCUT2D eigenvalue weighted by Gasteiger charge is -2.31. The van der Waals surface area contributed by atoms with Crippen LogP contribution in [0.4, 0.5) is 0 Å². The molecule has 0 aromatic carbocycles. The Kier molecular flexibility index (Phi) is 4.87. The number of carbonyl (C=O) groups is 1. The maximum atomic E-state index is 12.8. The van der Waals surface area contributed by atoms with Crippen LogP contribution in [0.15, 0.2) is 18.2 Å². The lowest BCUT2D eigenvalue weighted by molar-refractivity contribution is 0.0645. The summed E-state index contributed by atoms with van der Waals surface area (Å²) in [6.07, 6.45) is 1.61. The van der Waals surface area contributed by atoms with Crippen molar-refractivity contribution in [2.24, 2.45) is 5.92 Å². The van der Waals surface area contributed by atoms with Gasteiger partial charge in [0, 0.05) is 25.4 Å². The van der Waals surface area contributed by atoms with E-state index in [4.69, 9.17) is 11.6 Å². The van der Waals surface area contributed by atoms with Crippen molar-refractivity contribution in [3.8, 4) is 5.82 Å². The fourth-order valence-electron chi connectivity index (χ4n) is 3.03. The molecular weight excluding hydrogens is 328 g/mol. The summed E-state index contributed by atoms with van der Waals surface area (Å²) in [6, 6.07) is 5.40. The Morgan fingerprint density at radius 2 is 2.04 bits per heavy atom. The van der Waals surface area contributed by atoms with Gasteiger partial charge in [0.1, 0.15) is 5.69 Å². The van der Waals surface area contributed by atoms with Crippen molar-refractivity contribution in [1.29, 1.82) is 0 Å². The zero-order valence-electron chi connectivity index (χ0n) is 13.9. The van der Waals surface area contributed by atoms with E-state index in [1.54, 1.807) is 21.7 Å². The number of piperidine rings is 1. The predicted octanol–water partition coefficient (Wildman–Crippen LogP) is 2.38. The Morgan fingerprint density at radius 3 is 2.62 bits per heavy atom. The molecule has 0 radical (unpaired) electrons. The first-order valence-corrected chi connectivity index (χ1v) is 8.47. The van der Waals surface area contributed by atoms with Gasteiger partial charge in [-0.05, 0) is 50.8 Å². The number of aromatic nitrogens is 3. The van der Waals surface area contributed by atoms with Crippen LogP contribution in [0.2, 0.25) is 5.02 Å². The summed E-state index contributed by atoms with van der Waals surface area (Å²) < 4.78 is 1.71. The third kappa shape index (κ3) is 3.30. The molecule has 24 heavy (non-hydrogen) atoms. The van der Waals surface area contributed by atoms with Crippen molar-refractivity contribution in [3.05, 3.63) is 40.3 Å². The molecular formula is C17H21ClN4O2. The Balaban J connectivity index is 1.87. The van der Waals surface area contributed by atoms with Crippen LogP contribution in [0.3, 0.4) is 0 Å². The highest BCUT2D eigenvalue weighted by atomic mass is 35.5. The minimum absolute atomic E-state index is 0.167. The Labute approximate surface area is 146 Å². The summed E-state index contributed by atoms with van der Waals surface area (Å²) in [7, 11) is 0. The van der Waals surface area contributed by atoms with Gasteiger partial charge in [0.25, 0.3) is 5.91 Å². The van der Waals surface area contributed by atoms with Gasteiger partial charge in [0.15, 0.2) is 5.82 Å². The zero-order valence-corrected chi connectivity index (χ0v) is 14.6. The average molecular weight is 349 g/mol. The maximum Gasteiger partial charge on any atom is 0.274 e. The largest absolute Gasteiger partial charge is 0.396 e. The van der Waals surface area contributed by atoms with E-state index in [1.165, 1.54) is 0 Å². The van der Waals surface area contributed by atoms with Gasteiger partial charge in [-0.2, -0.15) is 5.10 Å². The van der Waals surface area contributed by atoms with Crippen LogP contribution < -0.4 is 0 Å². The molecule has 7 heteroatoms. The first-order valence-electron chi connectivity index (χ1n) is 8.10. The summed E-state index contributed by atoms with van der Waals surface area (Å²) in [5.74, 6) is 0.692. The smallest absolute Gasteiger partial charge is 0.274 e. The summed E-state index contributed by atoms with van der Waals surface area (Å²) in [6.45, 7) is 5.26. The van der Waals surface area contributed by atoms with Crippen molar-refractivity contribution >= 4 is 17.5 Å². The Morgan fingerprint density at radius 1 is 1.33 bits per heavy atom. The lowest BCUT2D eigenvalue weighted by atomic mass is 9.98. The van der Waals surface area contributed by atoms with Crippen molar-refractivity contribution in [3.63, 3.8) is 0 Å². The molecule has 1 fully saturated rings. The SMILES string of the molecule is Cc1cc(C)n(-c2ccc(Cl)c(C(=O)N3CCC(CO)CC3)n2)n1. The summed E-state index contributed by atoms with van der Waals surface area (Å²) >= 11 is 6.22. The topological polar surface area (TPSA) is 71.2 Å². The molecule has 0 atom stereocenters.